The fourth-order valence-electron chi connectivity index (χ4n) is 2.93. The zero-order valence-corrected chi connectivity index (χ0v) is 16.7. The normalized spacial score (nSPS) is 17.5. The van der Waals surface area contributed by atoms with E-state index in [0.29, 0.717) is 6.04 Å². The second kappa shape index (κ2) is 10.7. The van der Waals surface area contributed by atoms with Crippen LogP contribution in [-0.2, 0) is 9.59 Å². The summed E-state index contributed by atoms with van der Waals surface area (Å²) in [7, 11) is 0. The molecule has 0 aromatic heterocycles. The summed E-state index contributed by atoms with van der Waals surface area (Å²) in [5, 5.41) is 5.97. The Morgan fingerprint density at radius 3 is 2.56 bits per heavy atom. The largest absolute Gasteiger partial charge is 0.337 e. The van der Waals surface area contributed by atoms with Crippen molar-refractivity contribution in [2.45, 2.75) is 49.8 Å². The van der Waals surface area contributed by atoms with E-state index in [4.69, 9.17) is 0 Å². The molecule has 1 fully saturated rings. The Balaban J connectivity index is 0.00000312. The summed E-state index contributed by atoms with van der Waals surface area (Å²) < 4.78 is 0. The number of hydrogen-bond acceptors (Lipinski definition) is 4. The molecule has 2 amide bonds. The smallest absolute Gasteiger partial charge is 0.236 e. The highest BCUT2D eigenvalue weighted by Crippen LogP contribution is 2.27. The first kappa shape index (κ1) is 21.8. The molecule has 1 saturated heterocycles. The van der Waals surface area contributed by atoms with Crippen LogP contribution in [0, 0.1) is 0 Å². The molecule has 5 nitrogen and oxygen atoms in total. The maximum Gasteiger partial charge on any atom is 0.236 e. The van der Waals surface area contributed by atoms with Gasteiger partial charge in [-0.1, -0.05) is 6.92 Å². The Morgan fingerprint density at radius 2 is 2.04 bits per heavy atom. The van der Waals surface area contributed by atoms with Gasteiger partial charge in [0.25, 0.3) is 0 Å². The van der Waals surface area contributed by atoms with Gasteiger partial charge in [-0.3, -0.25) is 9.59 Å². The SMILES string of the molecule is CCCN(C(=O)C(C)Sc1ccc(NC(C)=O)cc1)C1CCNC1.Cl. The predicted molar refractivity (Wildman–Crippen MR) is 107 cm³/mol. The van der Waals surface area contributed by atoms with E-state index in [1.54, 1.807) is 11.8 Å². The molecule has 7 heteroatoms. The third kappa shape index (κ3) is 6.53. The van der Waals surface area contributed by atoms with E-state index >= 15 is 0 Å². The summed E-state index contributed by atoms with van der Waals surface area (Å²) in [6, 6.07) is 7.95. The van der Waals surface area contributed by atoms with Crippen LogP contribution in [-0.4, -0.2) is 47.6 Å². The number of nitrogens with zero attached hydrogens (tertiary/aromatic N) is 1. The average molecular weight is 386 g/mol. The zero-order chi connectivity index (χ0) is 17.5. The summed E-state index contributed by atoms with van der Waals surface area (Å²) >= 11 is 1.57. The van der Waals surface area contributed by atoms with Crippen molar-refractivity contribution in [2.24, 2.45) is 0 Å². The van der Waals surface area contributed by atoms with Crippen molar-refractivity contribution in [2.75, 3.05) is 25.0 Å². The van der Waals surface area contributed by atoms with Gasteiger partial charge in [0.05, 0.1) is 5.25 Å². The first-order valence-corrected chi connectivity index (χ1v) is 9.44. The summed E-state index contributed by atoms with van der Waals surface area (Å²) in [5.74, 6) is 0.126. The summed E-state index contributed by atoms with van der Waals surface area (Å²) in [6.07, 6.45) is 2.01. The van der Waals surface area contributed by atoms with Crippen molar-refractivity contribution in [1.29, 1.82) is 0 Å². The van der Waals surface area contributed by atoms with E-state index in [1.807, 2.05) is 36.1 Å². The predicted octanol–water partition coefficient (Wildman–Crippen LogP) is 3.15. The van der Waals surface area contributed by atoms with Crippen LogP contribution in [0.25, 0.3) is 0 Å². The molecule has 2 unspecified atom stereocenters. The number of hydrogen-bond donors (Lipinski definition) is 2. The van der Waals surface area contributed by atoms with E-state index in [2.05, 4.69) is 17.6 Å². The van der Waals surface area contributed by atoms with E-state index in [1.165, 1.54) is 6.92 Å². The highest BCUT2D eigenvalue weighted by atomic mass is 35.5. The van der Waals surface area contributed by atoms with Crippen LogP contribution in [0.2, 0.25) is 0 Å². The maximum absolute atomic E-state index is 12.9. The molecule has 0 bridgehead atoms. The van der Waals surface area contributed by atoms with Crippen LogP contribution in [0.5, 0.6) is 0 Å². The first-order chi connectivity index (χ1) is 11.5. The molecule has 1 heterocycles. The lowest BCUT2D eigenvalue weighted by Crippen LogP contribution is -2.45. The van der Waals surface area contributed by atoms with E-state index in [0.717, 1.165) is 43.1 Å². The summed E-state index contributed by atoms with van der Waals surface area (Å²) in [4.78, 5) is 27.0. The molecule has 2 rings (SSSR count). The zero-order valence-electron chi connectivity index (χ0n) is 15.1. The van der Waals surface area contributed by atoms with E-state index in [-0.39, 0.29) is 29.5 Å². The highest BCUT2D eigenvalue weighted by molar-refractivity contribution is 8.00. The lowest BCUT2D eigenvalue weighted by atomic mass is 10.2. The van der Waals surface area contributed by atoms with Crippen LogP contribution in [0.4, 0.5) is 5.69 Å². The molecule has 0 radical (unpaired) electrons. The number of benzene rings is 1. The molecule has 1 aliphatic rings. The average Bonchev–Trinajstić information content (AvgIpc) is 3.07. The van der Waals surface area contributed by atoms with E-state index < -0.39 is 0 Å². The molecule has 0 saturated carbocycles. The molecule has 25 heavy (non-hydrogen) atoms. The second-order valence-electron chi connectivity index (χ2n) is 6.14. The van der Waals surface area contributed by atoms with Gasteiger partial charge in [-0.05, 0) is 50.6 Å². The molecule has 2 N–H and O–H groups in total. The van der Waals surface area contributed by atoms with Crippen LogP contribution >= 0.6 is 24.2 Å². The maximum atomic E-state index is 12.9. The van der Waals surface area contributed by atoms with Crippen molar-refractivity contribution >= 4 is 41.7 Å². The fourth-order valence-corrected chi connectivity index (χ4v) is 3.86. The van der Waals surface area contributed by atoms with Gasteiger partial charge >= 0.3 is 0 Å². The van der Waals surface area contributed by atoms with Crippen LogP contribution in [0.3, 0.4) is 0 Å². The quantitative estimate of drug-likeness (QED) is 0.708. The lowest BCUT2D eigenvalue weighted by molar-refractivity contribution is -0.132. The van der Waals surface area contributed by atoms with Gasteiger partial charge in [0, 0.05) is 36.6 Å². The number of carbonyl (C=O) groups excluding carboxylic acids is 2. The van der Waals surface area contributed by atoms with Crippen molar-refractivity contribution in [3.05, 3.63) is 24.3 Å². The summed E-state index contributed by atoms with van der Waals surface area (Å²) in [5.41, 5.74) is 0.774. The molecule has 140 valence electrons. The standard InChI is InChI=1S/C18H27N3O2S.ClH/c1-4-11-21(16-9-10-19-12-16)18(23)13(2)24-17-7-5-15(6-8-17)20-14(3)22;/h5-8,13,16,19H,4,9-12H2,1-3H3,(H,20,22);1H. The molecular weight excluding hydrogens is 358 g/mol. The number of amides is 2. The number of halogens is 1. The van der Waals surface area contributed by atoms with Gasteiger partial charge in [0.15, 0.2) is 0 Å². The number of rotatable bonds is 7. The minimum absolute atomic E-state index is 0. The Morgan fingerprint density at radius 1 is 1.36 bits per heavy atom. The van der Waals surface area contributed by atoms with Gasteiger partial charge in [0.1, 0.15) is 0 Å². The van der Waals surface area contributed by atoms with Crippen LogP contribution < -0.4 is 10.6 Å². The molecule has 1 aromatic rings. The lowest BCUT2D eigenvalue weighted by Gasteiger charge is -2.30. The molecule has 0 aliphatic carbocycles. The fraction of sp³-hybridized carbons (Fsp3) is 0.556. The topological polar surface area (TPSA) is 61.4 Å². The first-order valence-electron chi connectivity index (χ1n) is 8.56. The number of thioether (sulfide) groups is 1. The van der Waals surface area contributed by atoms with Gasteiger partial charge in [-0.15, -0.1) is 24.2 Å². The van der Waals surface area contributed by atoms with Crippen molar-refractivity contribution in [3.8, 4) is 0 Å². The van der Waals surface area contributed by atoms with Gasteiger partial charge in [-0.2, -0.15) is 0 Å². The van der Waals surface area contributed by atoms with Crippen LogP contribution in [0.1, 0.15) is 33.6 Å². The van der Waals surface area contributed by atoms with Crippen molar-refractivity contribution in [1.82, 2.24) is 10.2 Å². The Hall–Kier alpha value is -1.24. The van der Waals surface area contributed by atoms with Gasteiger partial charge in [0.2, 0.25) is 11.8 Å². The van der Waals surface area contributed by atoms with Gasteiger partial charge in [-0.25, -0.2) is 0 Å². The molecular formula is C18H28ClN3O2S. The van der Waals surface area contributed by atoms with E-state index in [9.17, 15) is 9.59 Å². The number of nitrogens with one attached hydrogen (secondary N) is 2. The third-order valence-electron chi connectivity index (χ3n) is 4.06. The Bertz CT molecular complexity index is 562. The summed E-state index contributed by atoms with van der Waals surface area (Å²) in [6.45, 7) is 8.28. The third-order valence-corrected chi connectivity index (χ3v) is 5.16. The Labute approximate surface area is 160 Å². The van der Waals surface area contributed by atoms with Gasteiger partial charge < -0.3 is 15.5 Å². The minimum Gasteiger partial charge on any atom is -0.337 e. The molecule has 0 spiro atoms. The highest BCUT2D eigenvalue weighted by Gasteiger charge is 2.29. The van der Waals surface area contributed by atoms with Crippen LogP contribution in [0.15, 0.2) is 29.2 Å². The second-order valence-corrected chi connectivity index (χ2v) is 7.56. The Kier molecular flexibility index (Phi) is 9.32. The van der Waals surface area contributed by atoms with Crippen molar-refractivity contribution in [3.63, 3.8) is 0 Å². The minimum atomic E-state index is -0.122. The molecule has 1 aliphatic heterocycles. The number of anilines is 1. The molecule has 2 atom stereocenters. The van der Waals surface area contributed by atoms with Crippen molar-refractivity contribution < 1.29 is 9.59 Å². The monoisotopic (exact) mass is 385 g/mol. The molecule has 1 aromatic carbocycles. The number of carbonyl (C=O) groups is 2.